The number of rotatable bonds is 11. The van der Waals surface area contributed by atoms with Crippen molar-refractivity contribution in [3.8, 4) is 5.75 Å². The standard InChI is InChI=1S/C31H39N3O5S/c1-23-17-18-28(39-6)27(21-23)34(40(37,38)26-15-11-8-12-16-26)22-29(35)33(20-19-25-13-9-7-10-14-25)24(2)30(36)32-31(3,4)5/h7-18,21,24H,19-20,22H2,1-6H3,(H,32,36)/t24-/m1/s1. The normalized spacial score (nSPS) is 12.3. The van der Waals surface area contributed by atoms with Crippen LogP contribution in [0.4, 0.5) is 5.69 Å². The number of carbonyl (C=O) groups excluding carboxylic acids is 2. The van der Waals surface area contributed by atoms with Gasteiger partial charge in [0.1, 0.15) is 18.3 Å². The van der Waals surface area contributed by atoms with E-state index in [0.717, 1.165) is 15.4 Å². The van der Waals surface area contributed by atoms with Gasteiger partial charge in [-0.3, -0.25) is 13.9 Å². The lowest BCUT2D eigenvalue weighted by Gasteiger charge is -2.33. The fourth-order valence-corrected chi connectivity index (χ4v) is 5.71. The first-order valence-electron chi connectivity index (χ1n) is 13.2. The number of nitrogens with one attached hydrogen (secondary N) is 1. The molecule has 0 bridgehead atoms. The number of anilines is 1. The van der Waals surface area contributed by atoms with E-state index in [4.69, 9.17) is 4.74 Å². The van der Waals surface area contributed by atoms with Gasteiger partial charge in [0.2, 0.25) is 11.8 Å². The zero-order valence-corrected chi connectivity index (χ0v) is 24.9. The number of nitrogens with zero attached hydrogens (tertiary/aromatic N) is 2. The van der Waals surface area contributed by atoms with Crippen LogP contribution < -0.4 is 14.4 Å². The van der Waals surface area contributed by atoms with Gasteiger partial charge >= 0.3 is 0 Å². The van der Waals surface area contributed by atoms with Crippen LogP contribution >= 0.6 is 0 Å². The third kappa shape index (κ3) is 7.85. The number of aryl methyl sites for hydroxylation is 1. The predicted octanol–water partition coefficient (Wildman–Crippen LogP) is 4.57. The SMILES string of the molecule is COc1ccc(C)cc1N(CC(=O)N(CCc1ccccc1)[C@H](C)C(=O)NC(C)(C)C)S(=O)(=O)c1ccccc1. The lowest BCUT2D eigenvalue weighted by molar-refractivity contribution is -0.139. The first-order chi connectivity index (χ1) is 18.8. The fourth-order valence-electron chi connectivity index (χ4n) is 4.27. The van der Waals surface area contributed by atoms with Crippen LogP contribution in [-0.2, 0) is 26.0 Å². The Morgan fingerprint density at radius 2 is 1.55 bits per heavy atom. The quantitative estimate of drug-likeness (QED) is 0.367. The highest BCUT2D eigenvalue weighted by molar-refractivity contribution is 7.92. The van der Waals surface area contributed by atoms with Crippen molar-refractivity contribution in [3.05, 3.63) is 90.0 Å². The molecule has 1 atom stereocenters. The van der Waals surface area contributed by atoms with Crippen molar-refractivity contribution in [2.75, 3.05) is 24.5 Å². The number of carbonyl (C=O) groups is 2. The molecule has 2 amide bonds. The Morgan fingerprint density at radius 1 is 0.950 bits per heavy atom. The molecule has 0 saturated heterocycles. The molecule has 0 unspecified atom stereocenters. The average molecular weight is 566 g/mol. The second-order valence-corrected chi connectivity index (χ2v) is 12.6. The molecular weight excluding hydrogens is 526 g/mol. The van der Waals surface area contributed by atoms with Gasteiger partial charge in [-0.25, -0.2) is 8.42 Å². The Labute approximate surface area is 238 Å². The van der Waals surface area contributed by atoms with Crippen LogP contribution in [0.5, 0.6) is 5.75 Å². The molecule has 40 heavy (non-hydrogen) atoms. The van der Waals surface area contributed by atoms with Gasteiger partial charge in [-0.2, -0.15) is 0 Å². The number of amides is 2. The first kappa shape index (κ1) is 30.7. The minimum atomic E-state index is -4.17. The van der Waals surface area contributed by atoms with Gasteiger partial charge < -0.3 is 15.0 Å². The summed E-state index contributed by atoms with van der Waals surface area (Å²) >= 11 is 0. The molecule has 3 aromatic carbocycles. The van der Waals surface area contributed by atoms with E-state index < -0.39 is 34.1 Å². The number of methoxy groups -OCH3 is 1. The summed E-state index contributed by atoms with van der Waals surface area (Å²) in [5.41, 5.74) is 1.54. The summed E-state index contributed by atoms with van der Waals surface area (Å²) in [6, 6.07) is 21.9. The lowest BCUT2D eigenvalue weighted by Crippen LogP contribution is -2.55. The van der Waals surface area contributed by atoms with Crippen molar-refractivity contribution in [2.24, 2.45) is 0 Å². The molecule has 1 N–H and O–H groups in total. The third-order valence-electron chi connectivity index (χ3n) is 6.36. The maximum Gasteiger partial charge on any atom is 0.264 e. The van der Waals surface area contributed by atoms with E-state index in [-0.39, 0.29) is 23.0 Å². The summed E-state index contributed by atoms with van der Waals surface area (Å²) in [7, 11) is -2.72. The van der Waals surface area contributed by atoms with E-state index in [1.807, 2.05) is 64.1 Å². The lowest BCUT2D eigenvalue weighted by atomic mass is 10.1. The summed E-state index contributed by atoms with van der Waals surface area (Å²) in [6.45, 7) is 8.81. The van der Waals surface area contributed by atoms with Crippen molar-refractivity contribution < 1.29 is 22.7 Å². The maximum absolute atomic E-state index is 14.0. The summed E-state index contributed by atoms with van der Waals surface area (Å²) in [5.74, 6) is -0.512. The van der Waals surface area contributed by atoms with Crippen molar-refractivity contribution in [2.45, 2.75) is 57.5 Å². The monoisotopic (exact) mass is 565 g/mol. The van der Waals surface area contributed by atoms with Crippen LogP contribution in [0.1, 0.15) is 38.8 Å². The van der Waals surface area contributed by atoms with Crippen LogP contribution in [-0.4, -0.2) is 56.9 Å². The van der Waals surface area contributed by atoms with E-state index in [9.17, 15) is 18.0 Å². The van der Waals surface area contributed by atoms with Gasteiger partial charge in [0.15, 0.2) is 0 Å². The van der Waals surface area contributed by atoms with Crippen LogP contribution in [0.15, 0.2) is 83.8 Å². The van der Waals surface area contributed by atoms with E-state index in [2.05, 4.69) is 5.32 Å². The molecule has 0 spiro atoms. The summed E-state index contributed by atoms with van der Waals surface area (Å²) in [5, 5.41) is 2.93. The fraction of sp³-hybridized carbons (Fsp3) is 0.355. The molecule has 0 saturated carbocycles. The summed E-state index contributed by atoms with van der Waals surface area (Å²) in [4.78, 5) is 28.7. The van der Waals surface area contributed by atoms with Crippen LogP contribution in [0, 0.1) is 6.92 Å². The minimum Gasteiger partial charge on any atom is -0.495 e. The largest absolute Gasteiger partial charge is 0.495 e. The van der Waals surface area contributed by atoms with E-state index in [0.29, 0.717) is 12.2 Å². The second kappa shape index (κ2) is 13.0. The van der Waals surface area contributed by atoms with E-state index in [1.54, 1.807) is 37.3 Å². The number of ether oxygens (including phenoxy) is 1. The number of hydrogen-bond acceptors (Lipinski definition) is 5. The number of sulfonamides is 1. The highest BCUT2D eigenvalue weighted by Gasteiger charge is 2.34. The predicted molar refractivity (Wildman–Crippen MR) is 158 cm³/mol. The molecular formula is C31H39N3O5S. The average Bonchev–Trinajstić information content (AvgIpc) is 2.91. The Morgan fingerprint density at radius 3 is 2.12 bits per heavy atom. The molecule has 0 aliphatic carbocycles. The topological polar surface area (TPSA) is 96.0 Å². The Kier molecular flexibility index (Phi) is 9.98. The molecule has 0 aliphatic rings. The highest BCUT2D eigenvalue weighted by Crippen LogP contribution is 2.33. The van der Waals surface area contributed by atoms with Gasteiger partial charge in [-0.15, -0.1) is 0 Å². The third-order valence-corrected chi connectivity index (χ3v) is 8.14. The van der Waals surface area contributed by atoms with Crippen molar-refractivity contribution in [3.63, 3.8) is 0 Å². The summed E-state index contributed by atoms with van der Waals surface area (Å²) < 4.78 is 34.5. The number of hydrogen-bond donors (Lipinski definition) is 1. The van der Waals surface area contributed by atoms with Crippen molar-refractivity contribution in [1.29, 1.82) is 0 Å². The Balaban J connectivity index is 2.04. The molecule has 0 fully saturated rings. The van der Waals surface area contributed by atoms with Crippen molar-refractivity contribution >= 4 is 27.5 Å². The van der Waals surface area contributed by atoms with E-state index >= 15 is 0 Å². The zero-order valence-electron chi connectivity index (χ0n) is 24.0. The smallest absolute Gasteiger partial charge is 0.264 e. The van der Waals surface area contributed by atoms with Crippen molar-refractivity contribution in [1.82, 2.24) is 10.2 Å². The van der Waals surface area contributed by atoms with Gasteiger partial charge in [0.25, 0.3) is 10.0 Å². The minimum absolute atomic E-state index is 0.0423. The molecule has 214 valence electrons. The number of benzene rings is 3. The Bertz CT molecular complexity index is 1400. The second-order valence-electron chi connectivity index (χ2n) is 10.7. The van der Waals surface area contributed by atoms with Crippen LogP contribution in [0.3, 0.4) is 0 Å². The van der Waals surface area contributed by atoms with Gasteiger partial charge in [0, 0.05) is 12.1 Å². The van der Waals surface area contributed by atoms with Gasteiger partial charge in [0.05, 0.1) is 17.7 Å². The van der Waals surface area contributed by atoms with Gasteiger partial charge in [-0.05, 0) is 76.4 Å². The molecule has 0 heterocycles. The molecule has 0 aromatic heterocycles. The van der Waals surface area contributed by atoms with Crippen LogP contribution in [0.2, 0.25) is 0 Å². The maximum atomic E-state index is 14.0. The zero-order chi connectivity index (χ0) is 29.5. The molecule has 3 rings (SSSR count). The van der Waals surface area contributed by atoms with Gasteiger partial charge in [-0.1, -0.05) is 54.6 Å². The first-order valence-corrected chi connectivity index (χ1v) is 14.7. The van der Waals surface area contributed by atoms with Crippen LogP contribution in [0.25, 0.3) is 0 Å². The Hall–Kier alpha value is -3.85. The summed E-state index contributed by atoms with van der Waals surface area (Å²) in [6.07, 6.45) is 0.499. The highest BCUT2D eigenvalue weighted by atomic mass is 32.2. The molecule has 0 aliphatic heterocycles. The molecule has 3 aromatic rings. The van der Waals surface area contributed by atoms with E-state index in [1.165, 1.54) is 24.1 Å². The molecule has 8 nitrogen and oxygen atoms in total. The molecule has 0 radical (unpaired) electrons. The molecule has 9 heteroatoms.